The lowest BCUT2D eigenvalue weighted by Crippen LogP contribution is -2.49. The maximum absolute atomic E-state index is 13.8. The highest BCUT2D eigenvalue weighted by Crippen LogP contribution is 2.21. The zero-order chi connectivity index (χ0) is 14.7. The Morgan fingerprint density at radius 1 is 1.30 bits per heavy atom. The zero-order valence-corrected chi connectivity index (χ0v) is 10.9. The summed E-state index contributed by atoms with van der Waals surface area (Å²) in [5, 5.41) is 0. The molecule has 4 nitrogen and oxygen atoms in total. The maximum Gasteiger partial charge on any atom is 0.259 e. The van der Waals surface area contributed by atoms with Crippen LogP contribution in [0.3, 0.4) is 0 Å². The molecule has 6 heteroatoms. The van der Waals surface area contributed by atoms with Gasteiger partial charge in [-0.25, -0.2) is 8.78 Å². The van der Waals surface area contributed by atoms with Crippen LogP contribution in [0.2, 0.25) is 0 Å². The van der Waals surface area contributed by atoms with E-state index in [-0.39, 0.29) is 5.69 Å². The predicted octanol–water partition coefficient (Wildman–Crippen LogP) is 0.938. The Hall–Kier alpha value is -2.13. The summed E-state index contributed by atoms with van der Waals surface area (Å²) < 4.78 is 27.5. The Bertz CT molecular complexity index is 560. The van der Waals surface area contributed by atoms with E-state index in [9.17, 15) is 13.6 Å². The molecule has 0 atom stereocenters. The van der Waals surface area contributed by atoms with Gasteiger partial charge in [-0.3, -0.25) is 9.69 Å². The predicted molar refractivity (Wildman–Crippen MR) is 71.9 cm³/mol. The number of carbonyl (C=O) groups excluding carboxylic acids is 1. The molecule has 106 valence electrons. The standard InChI is InChI=1S/C14H15F2N3O/c1-2-5-18-6-8-19(9-7-18)14(20)12-10(15)3-4-11(17)13(12)16/h1,3-4H,5-9,17H2. The Morgan fingerprint density at radius 3 is 2.55 bits per heavy atom. The van der Waals surface area contributed by atoms with Gasteiger partial charge in [0.15, 0.2) is 5.82 Å². The molecule has 1 amide bonds. The summed E-state index contributed by atoms with van der Waals surface area (Å²) in [5.74, 6) is -0.0433. The van der Waals surface area contributed by atoms with Gasteiger partial charge in [-0.1, -0.05) is 5.92 Å². The van der Waals surface area contributed by atoms with Gasteiger partial charge in [0.05, 0.1) is 12.2 Å². The number of benzene rings is 1. The van der Waals surface area contributed by atoms with Crippen molar-refractivity contribution in [1.82, 2.24) is 9.80 Å². The molecule has 20 heavy (non-hydrogen) atoms. The second-order valence-electron chi connectivity index (χ2n) is 4.60. The summed E-state index contributed by atoms with van der Waals surface area (Å²) in [4.78, 5) is 15.6. The normalized spacial score (nSPS) is 15.9. The molecule has 1 aromatic rings. The van der Waals surface area contributed by atoms with Gasteiger partial charge in [-0.05, 0) is 12.1 Å². The van der Waals surface area contributed by atoms with Crippen LogP contribution >= 0.6 is 0 Å². The first kappa shape index (κ1) is 14.3. The van der Waals surface area contributed by atoms with Gasteiger partial charge in [0, 0.05) is 26.2 Å². The van der Waals surface area contributed by atoms with Crippen LogP contribution in [0.4, 0.5) is 14.5 Å². The number of rotatable bonds is 2. The molecular formula is C14H15F2N3O. The Morgan fingerprint density at radius 2 is 1.95 bits per heavy atom. The fraction of sp³-hybridized carbons (Fsp3) is 0.357. The molecule has 0 radical (unpaired) electrons. The molecule has 1 saturated heterocycles. The summed E-state index contributed by atoms with van der Waals surface area (Å²) in [5.41, 5.74) is 4.55. The average molecular weight is 279 g/mol. The Kier molecular flexibility index (Phi) is 4.20. The first-order valence-electron chi connectivity index (χ1n) is 6.23. The minimum atomic E-state index is -0.999. The van der Waals surface area contributed by atoms with Gasteiger partial charge < -0.3 is 10.6 Å². The lowest BCUT2D eigenvalue weighted by Gasteiger charge is -2.33. The quantitative estimate of drug-likeness (QED) is 0.647. The summed E-state index contributed by atoms with van der Waals surface area (Å²) in [7, 11) is 0. The van der Waals surface area contributed by atoms with Crippen LogP contribution < -0.4 is 5.73 Å². The molecule has 2 N–H and O–H groups in total. The smallest absolute Gasteiger partial charge is 0.259 e. The summed E-state index contributed by atoms with van der Waals surface area (Å²) in [6.07, 6.45) is 5.22. The molecule has 0 saturated carbocycles. The highest BCUT2D eigenvalue weighted by Gasteiger charge is 2.27. The third kappa shape index (κ3) is 2.73. The molecule has 1 aromatic carbocycles. The summed E-state index contributed by atoms with van der Waals surface area (Å²) in [6, 6.07) is 2.10. The highest BCUT2D eigenvalue weighted by molar-refractivity contribution is 5.95. The number of terminal acetylenes is 1. The van der Waals surface area contributed by atoms with E-state index in [1.165, 1.54) is 4.90 Å². The number of hydrogen-bond donors (Lipinski definition) is 1. The molecule has 0 aliphatic carbocycles. The summed E-state index contributed by atoms with van der Waals surface area (Å²) >= 11 is 0. The van der Waals surface area contributed by atoms with Crippen LogP contribution in [-0.2, 0) is 0 Å². The highest BCUT2D eigenvalue weighted by atomic mass is 19.1. The van der Waals surface area contributed by atoms with Crippen molar-refractivity contribution in [3.05, 3.63) is 29.3 Å². The van der Waals surface area contributed by atoms with Crippen LogP contribution in [0.1, 0.15) is 10.4 Å². The molecule has 1 heterocycles. The van der Waals surface area contributed by atoms with Crippen molar-refractivity contribution in [2.24, 2.45) is 0 Å². The number of halogens is 2. The van der Waals surface area contributed by atoms with Crippen molar-refractivity contribution in [1.29, 1.82) is 0 Å². The monoisotopic (exact) mass is 279 g/mol. The van der Waals surface area contributed by atoms with Crippen LogP contribution in [0.15, 0.2) is 12.1 Å². The second-order valence-corrected chi connectivity index (χ2v) is 4.60. The van der Waals surface area contributed by atoms with Crippen LogP contribution in [0.25, 0.3) is 0 Å². The van der Waals surface area contributed by atoms with Gasteiger partial charge in [-0.15, -0.1) is 6.42 Å². The van der Waals surface area contributed by atoms with Crippen molar-refractivity contribution < 1.29 is 13.6 Å². The van der Waals surface area contributed by atoms with E-state index in [2.05, 4.69) is 5.92 Å². The fourth-order valence-corrected chi connectivity index (χ4v) is 2.16. The van der Waals surface area contributed by atoms with Crippen LogP contribution in [-0.4, -0.2) is 48.4 Å². The van der Waals surface area contributed by atoms with Crippen LogP contribution in [0.5, 0.6) is 0 Å². The topological polar surface area (TPSA) is 49.6 Å². The Balaban J connectivity index is 2.14. The number of hydrogen-bond acceptors (Lipinski definition) is 3. The van der Waals surface area contributed by atoms with E-state index in [0.29, 0.717) is 32.7 Å². The van der Waals surface area contributed by atoms with Crippen molar-refractivity contribution in [3.63, 3.8) is 0 Å². The van der Waals surface area contributed by atoms with Gasteiger partial charge in [-0.2, -0.15) is 0 Å². The van der Waals surface area contributed by atoms with E-state index in [1.54, 1.807) is 0 Å². The SMILES string of the molecule is C#CCN1CCN(C(=O)c2c(F)ccc(N)c2F)CC1. The first-order chi connectivity index (χ1) is 9.54. The molecule has 0 unspecified atom stereocenters. The van der Waals surface area contributed by atoms with Gasteiger partial charge in [0.2, 0.25) is 0 Å². The molecule has 0 aromatic heterocycles. The van der Waals surface area contributed by atoms with E-state index < -0.39 is 23.1 Å². The molecule has 1 aliphatic heterocycles. The number of nitrogen functional groups attached to an aromatic ring is 1. The average Bonchev–Trinajstić information content (AvgIpc) is 2.44. The van der Waals surface area contributed by atoms with Crippen LogP contribution in [0, 0.1) is 24.0 Å². The first-order valence-corrected chi connectivity index (χ1v) is 6.23. The number of anilines is 1. The molecule has 0 bridgehead atoms. The molecule has 1 aliphatic rings. The summed E-state index contributed by atoms with van der Waals surface area (Å²) in [6.45, 7) is 2.44. The molecule has 2 rings (SSSR count). The van der Waals surface area contributed by atoms with Gasteiger partial charge >= 0.3 is 0 Å². The Labute approximate surface area is 116 Å². The lowest BCUT2D eigenvalue weighted by molar-refractivity contribution is 0.0642. The fourth-order valence-electron chi connectivity index (χ4n) is 2.16. The minimum Gasteiger partial charge on any atom is -0.396 e. The van der Waals surface area contributed by atoms with Crippen molar-refractivity contribution >= 4 is 11.6 Å². The molecule has 0 spiro atoms. The maximum atomic E-state index is 13.8. The number of piperazine rings is 1. The largest absolute Gasteiger partial charge is 0.396 e. The number of nitrogens with two attached hydrogens (primary N) is 1. The van der Waals surface area contributed by atoms with E-state index in [1.807, 2.05) is 4.90 Å². The number of carbonyl (C=O) groups is 1. The van der Waals surface area contributed by atoms with Gasteiger partial charge in [0.25, 0.3) is 5.91 Å². The zero-order valence-electron chi connectivity index (χ0n) is 10.9. The van der Waals surface area contributed by atoms with Crippen molar-refractivity contribution in [2.45, 2.75) is 0 Å². The van der Waals surface area contributed by atoms with E-state index in [4.69, 9.17) is 12.2 Å². The number of nitrogens with zero attached hydrogens (tertiary/aromatic N) is 2. The third-order valence-electron chi connectivity index (χ3n) is 3.31. The van der Waals surface area contributed by atoms with Crippen molar-refractivity contribution in [3.8, 4) is 12.3 Å². The molecule has 1 fully saturated rings. The van der Waals surface area contributed by atoms with E-state index >= 15 is 0 Å². The molecular weight excluding hydrogens is 264 g/mol. The lowest BCUT2D eigenvalue weighted by atomic mass is 10.1. The third-order valence-corrected chi connectivity index (χ3v) is 3.31. The minimum absolute atomic E-state index is 0.235. The second kappa shape index (κ2) is 5.88. The van der Waals surface area contributed by atoms with Gasteiger partial charge in [0.1, 0.15) is 11.4 Å². The van der Waals surface area contributed by atoms with E-state index in [0.717, 1.165) is 12.1 Å². The van der Waals surface area contributed by atoms with Crippen molar-refractivity contribution in [2.75, 3.05) is 38.5 Å². The number of amides is 1.